The van der Waals surface area contributed by atoms with Gasteiger partial charge in [-0.2, -0.15) is 5.26 Å². The van der Waals surface area contributed by atoms with Gasteiger partial charge in [0.15, 0.2) is 0 Å². The van der Waals surface area contributed by atoms with Crippen molar-refractivity contribution in [3.8, 4) is 28.7 Å². The Morgan fingerprint density at radius 1 is 0.966 bits per heavy atom. The first-order valence-electron chi connectivity index (χ1n) is 9.33. The molecule has 0 fully saturated rings. The third-order valence-electron chi connectivity index (χ3n) is 5.23. The van der Waals surface area contributed by atoms with E-state index >= 15 is 0 Å². The summed E-state index contributed by atoms with van der Waals surface area (Å²) in [5, 5.41) is 9.76. The molecule has 0 radical (unpaired) electrons. The van der Waals surface area contributed by atoms with Crippen molar-refractivity contribution in [3.05, 3.63) is 75.6 Å². The predicted octanol–water partition coefficient (Wildman–Crippen LogP) is 5.79. The van der Waals surface area contributed by atoms with Crippen LogP contribution in [0.25, 0.3) is 22.8 Å². The highest BCUT2D eigenvalue weighted by molar-refractivity contribution is 7.71. The van der Waals surface area contributed by atoms with Crippen LogP contribution in [0.2, 0.25) is 0 Å². The van der Waals surface area contributed by atoms with Gasteiger partial charge in [-0.25, -0.2) is 0 Å². The van der Waals surface area contributed by atoms with Gasteiger partial charge in [-0.3, -0.25) is 0 Å². The van der Waals surface area contributed by atoms with Crippen LogP contribution in [0.1, 0.15) is 28.8 Å². The number of benzene rings is 2. The van der Waals surface area contributed by atoms with Crippen molar-refractivity contribution in [1.29, 1.82) is 5.26 Å². The lowest BCUT2D eigenvalue weighted by Crippen LogP contribution is -1.98. The molecule has 0 saturated heterocycles. The SMILES string of the molecule is COc1ccc(/C=C2\CCc3c2[nH]c(=S)c(C#N)c3-c2ccc(OC)cc2)cc1. The third kappa shape index (κ3) is 3.55. The molecule has 1 aliphatic rings. The van der Waals surface area contributed by atoms with Crippen LogP contribution in [-0.4, -0.2) is 19.2 Å². The Morgan fingerprint density at radius 2 is 1.59 bits per heavy atom. The number of pyridine rings is 1. The zero-order valence-corrected chi connectivity index (χ0v) is 17.1. The summed E-state index contributed by atoms with van der Waals surface area (Å²) in [5.74, 6) is 1.61. The molecule has 0 unspecified atom stereocenters. The fourth-order valence-corrected chi connectivity index (χ4v) is 4.03. The molecule has 5 heteroatoms. The summed E-state index contributed by atoms with van der Waals surface area (Å²) in [7, 11) is 3.30. The van der Waals surface area contributed by atoms with Gasteiger partial charge < -0.3 is 14.5 Å². The number of nitrogens with zero attached hydrogens (tertiary/aromatic N) is 1. The number of ether oxygens (including phenoxy) is 2. The molecule has 0 bridgehead atoms. The average molecular weight is 401 g/mol. The van der Waals surface area contributed by atoms with Crippen LogP contribution in [0.5, 0.6) is 11.5 Å². The van der Waals surface area contributed by atoms with E-state index in [1.165, 1.54) is 5.57 Å². The van der Waals surface area contributed by atoms with Crippen molar-refractivity contribution in [3.63, 3.8) is 0 Å². The molecule has 0 saturated carbocycles. The zero-order chi connectivity index (χ0) is 20.4. The van der Waals surface area contributed by atoms with Crippen LogP contribution >= 0.6 is 12.2 Å². The summed E-state index contributed by atoms with van der Waals surface area (Å²) in [4.78, 5) is 3.31. The molecule has 4 nitrogen and oxygen atoms in total. The van der Waals surface area contributed by atoms with Crippen LogP contribution in [0, 0.1) is 16.0 Å². The van der Waals surface area contributed by atoms with Crippen molar-refractivity contribution in [2.75, 3.05) is 14.2 Å². The zero-order valence-electron chi connectivity index (χ0n) is 16.3. The molecule has 0 spiro atoms. The van der Waals surface area contributed by atoms with Gasteiger partial charge >= 0.3 is 0 Å². The largest absolute Gasteiger partial charge is 0.497 e. The monoisotopic (exact) mass is 400 g/mol. The van der Waals surface area contributed by atoms with E-state index in [9.17, 15) is 5.26 Å². The summed E-state index contributed by atoms with van der Waals surface area (Å²) < 4.78 is 11.0. The van der Waals surface area contributed by atoms with Crippen molar-refractivity contribution < 1.29 is 9.47 Å². The van der Waals surface area contributed by atoms with E-state index < -0.39 is 0 Å². The normalized spacial score (nSPS) is 13.8. The number of nitriles is 1. The van der Waals surface area contributed by atoms with Gasteiger partial charge in [-0.1, -0.05) is 36.5 Å². The summed E-state index contributed by atoms with van der Waals surface area (Å²) in [6.45, 7) is 0. The first kappa shape index (κ1) is 19.0. The molecule has 1 aromatic heterocycles. The topological polar surface area (TPSA) is 58.0 Å². The molecule has 1 N–H and O–H groups in total. The third-order valence-corrected chi connectivity index (χ3v) is 5.54. The highest BCUT2D eigenvalue weighted by atomic mass is 32.1. The van der Waals surface area contributed by atoms with Gasteiger partial charge in [0, 0.05) is 11.3 Å². The van der Waals surface area contributed by atoms with E-state index in [-0.39, 0.29) is 0 Å². The standard InChI is InChI=1S/C24H20N2O2S/c1-27-18-8-3-15(4-9-18)13-17-7-12-20-22(16-5-10-19(28-2)11-6-16)21(14-25)24(29)26-23(17)20/h3-6,8-11,13H,7,12H2,1-2H3,(H,26,29)/b17-13+. The Kier molecular flexibility index (Phi) is 5.20. The summed E-state index contributed by atoms with van der Waals surface area (Å²) >= 11 is 5.53. The van der Waals surface area contributed by atoms with Crippen LogP contribution in [0.4, 0.5) is 0 Å². The first-order chi connectivity index (χ1) is 14.1. The molecule has 4 rings (SSSR count). The lowest BCUT2D eigenvalue weighted by molar-refractivity contribution is 0.414. The molecule has 2 aromatic carbocycles. The van der Waals surface area contributed by atoms with Crippen molar-refractivity contribution in [1.82, 2.24) is 4.98 Å². The molecule has 3 aromatic rings. The number of aromatic nitrogens is 1. The van der Waals surface area contributed by atoms with E-state index in [4.69, 9.17) is 21.7 Å². The molecule has 144 valence electrons. The Balaban J connectivity index is 1.84. The van der Waals surface area contributed by atoms with E-state index in [0.29, 0.717) is 10.2 Å². The Labute approximate surface area is 175 Å². The van der Waals surface area contributed by atoms with Gasteiger partial charge in [0.2, 0.25) is 0 Å². The van der Waals surface area contributed by atoms with Gasteiger partial charge in [-0.05, 0) is 65.4 Å². The quantitative estimate of drug-likeness (QED) is 0.564. The van der Waals surface area contributed by atoms with Crippen LogP contribution < -0.4 is 9.47 Å². The minimum Gasteiger partial charge on any atom is -0.497 e. The fourth-order valence-electron chi connectivity index (χ4n) is 3.78. The first-order valence-corrected chi connectivity index (χ1v) is 9.74. The minimum atomic E-state index is 0.472. The van der Waals surface area contributed by atoms with Gasteiger partial charge in [0.25, 0.3) is 0 Å². The Morgan fingerprint density at radius 3 is 2.17 bits per heavy atom. The number of aromatic amines is 1. The number of hydrogen-bond acceptors (Lipinski definition) is 4. The molecule has 1 aliphatic carbocycles. The van der Waals surface area contributed by atoms with E-state index in [1.807, 2.05) is 48.5 Å². The fraction of sp³-hybridized carbons (Fsp3) is 0.167. The molecule has 29 heavy (non-hydrogen) atoms. The lowest BCUT2D eigenvalue weighted by Gasteiger charge is -2.12. The molecule has 0 amide bonds. The van der Waals surface area contributed by atoms with Crippen molar-refractivity contribution in [2.45, 2.75) is 12.8 Å². The molecule has 1 heterocycles. The van der Waals surface area contributed by atoms with Crippen molar-refractivity contribution in [2.24, 2.45) is 0 Å². The summed E-state index contributed by atoms with van der Waals surface area (Å²) in [5.41, 5.74) is 6.88. The number of H-pyrrole nitrogens is 1. The Hall–Kier alpha value is -3.36. The van der Waals surface area contributed by atoms with Crippen LogP contribution in [0.3, 0.4) is 0 Å². The van der Waals surface area contributed by atoms with E-state index in [1.54, 1.807) is 14.2 Å². The van der Waals surface area contributed by atoms with E-state index in [0.717, 1.165) is 52.3 Å². The molecule has 0 aliphatic heterocycles. The van der Waals surface area contributed by atoms with E-state index in [2.05, 4.69) is 17.1 Å². The number of fused-ring (bicyclic) bond motifs is 1. The highest BCUT2D eigenvalue weighted by Gasteiger charge is 2.24. The molecular weight excluding hydrogens is 380 g/mol. The van der Waals surface area contributed by atoms with Crippen molar-refractivity contribution >= 4 is 23.9 Å². The lowest BCUT2D eigenvalue weighted by atomic mass is 9.95. The smallest absolute Gasteiger partial charge is 0.122 e. The second kappa shape index (κ2) is 7.94. The van der Waals surface area contributed by atoms with Gasteiger partial charge in [0.1, 0.15) is 22.2 Å². The van der Waals surface area contributed by atoms with Crippen LogP contribution in [-0.2, 0) is 6.42 Å². The molecular formula is C24H20N2O2S. The average Bonchev–Trinajstić information content (AvgIpc) is 3.15. The maximum absolute atomic E-state index is 9.76. The number of rotatable bonds is 4. The minimum absolute atomic E-state index is 0.472. The maximum Gasteiger partial charge on any atom is 0.122 e. The summed E-state index contributed by atoms with van der Waals surface area (Å²) in [6.07, 6.45) is 3.92. The Bertz CT molecular complexity index is 1180. The maximum atomic E-state index is 9.76. The van der Waals surface area contributed by atoms with Crippen LogP contribution in [0.15, 0.2) is 48.5 Å². The number of nitrogens with one attached hydrogen (secondary N) is 1. The highest BCUT2D eigenvalue weighted by Crippen LogP contribution is 2.40. The number of allylic oxidation sites excluding steroid dienone is 1. The second-order valence-corrected chi connectivity index (χ2v) is 7.25. The second-order valence-electron chi connectivity index (χ2n) is 6.84. The number of hydrogen-bond donors (Lipinski definition) is 1. The molecule has 0 atom stereocenters. The number of methoxy groups -OCH3 is 2. The van der Waals surface area contributed by atoms with Gasteiger partial charge in [-0.15, -0.1) is 0 Å². The summed E-state index contributed by atoms with van der Waals surface area (Å²) in [6, 6.07) is 18.0. The predicted molar refractivity (Wildman–Crippen MR) is 118 cm³/mol. The van der Waals surface area contributed by atoms with Gasteiger partial charge in [0.05, 0.1) is 19.8 Å².